The summed E-state index contributed by atoms with van der Waals surface area (Å²) in [4.78, 5) is 2.95. The summed E-state index contributed by atoms with van der Waals surface area (Å²) in [7, 11) is -4.21. The molecule has 0 aliphatic carbocycles. The summed E-state index contributed by atoms with van der Waals surface area (Å²) in [5.74, 6) is -2.14. The van der Waals surface area contributed by atoms with Gasteiger partial charge in [-0.3, -0.25) is 4.72 Å². The summed E-state index contributed by atoms with van der Waals surface area (Å²) >= 11 is 0. The third-order valence-electron chi connectivity index (χ3n) is 2.21. The largest absolute Gasteiger partial charge is 0.382 e. The molecule has 0 spiro atoms. The summed E-state index contributed by atoms with van der Waals surface area (Å²) < 4.78 is 52.1. The van der Waals surface area contributed by atoms with E-state index in [4.69, 9.17) is 5.73 Å². The number of aromatic nitrogens is 1. The first-order chi connectivity index (χ1) is 8.90. The molecule has 0 aliphatic heterocycles. The second-order valence-corrected chi connectivity index (χ2v) is 5.20. The van der Waals surface area contributed by atoms with Crippen molar-refractivity contribution in [2.45, 2.75) is 4.90 Å². The van der Waals surface area contributed by atoms with E-state index < -0.39 is 26.6 Å². The SMILES string of the molecule is Nc1nc[c]cc1NS(=O)(=O)c1ccc(F)cc1F. The van der Waals surface area contributed by atoms with Crippen molar-refractivity contribution < 1.29 is 17.2 Å². The van der Waals surface area contributed by atoms with Crippen LogP contribution in [0, 0.1) is 17.7 Å². The number of nitrogen functional groups attached to an aromatic ring is 1. The minimum atomic E-state index is -4.21. The molecule has 0 saturated carbocycles. The zero-order valence-electron chi connectivity index (χ0n) is 9.39. The molecule has 1 radical (unpaired) electrons. The smallest absolute Gasteiger partial charge is 0.264 e. The molecule has 0 unspecified atom stereocenters. The maximum Gasteiger partial charge on any atom is 0.264 e. The Balaban J connectivity index is 2.41. The van der Waals surface area contributed by atoms with Gasteiger partial charge in [0, 0.05) is 18.3 Å². The van der Waals surface area contributed by atoms with E-state index >= 15 is 0 Å². The maximum absolute atomic E-state index is 13.4. The predicted molar refractivity (Wildman–Crippen MR) is 64.7 cm³/mol. The van der Waals surface area contributed by atoms with Crippen LogP contribution in [0.2, 0.25) is 0 Å². The molecular formula is C11H8F2N3O2S. The molecule has 2 aromatic rings. The molecule has 1 heterocycles. The van der Waals surface area contributed by atoms with Crippen LogP contribution < -0.4 is 10.5 Å². The van der Waals surface area contributed by atoms with E-state index in [0.29, 0.717) is 6.07 Å². The number of rotatable bonds is 3. The first-order valence-corrected chi connectivity index (χ1v) is 6.48. The molecule has 3 N–H and O–H groups in total. The molecule has 0 aliphatic rings. The third-order valence-corrected chi connectivity index (χ3v) is 3.61. The number of benzene rings is 1. The highest BCUT2D eigenvalue weighted by Gasteiger charge is 2.20. The van der Waals surface area contributed by atoms with Gasteiger partial charge < -0.3 is 5.73 Å². The van der Waals surface area contributed by atoms with Gasteiger partial charge in [-0.25, -0.2) is 22.2 Å². The van der Waals surface area contributed by atoms with Crippen LogP contribution in [0.3, 0.4) is 0 Å². The average Bonchev–Trinajstić information content (AvgIpc) is 2.31. The van der Waals surface area contributed by atoms with Crippen molar-refractivity contribution in [1.82, 2.24) is 4.98 Å². The summed E-state index contributed by atoms with van der Waals surface area (Å²) in [6.07, 6.45) is 1.26. The summed E-state index contributed by atoms with van der Waals surface area (Å²) in [5.41, 5.74) is 5.42. The Bertz CT molecular complexity index is 720. The third kappa shape index (κ3) is 2.79. The number of hydrogen-bond acceptors (Lipinski definition) is 4. The lowest BCUT2D eigenvalue weighted by Crippen LogP contribution is -2.16. The van der Waals surface area contributed by atoms with Gasteiger partial charge in [0.1, 0.15) is 22.3 Å². The summed E-state index contributed by atoms with van der Waals surface area (Å²) in [6.45, 7) is 0. The van der Waals surface area contributed by atoms with Crippen LogP contribution in [-0.2, 0) is 10.0 Å². The Hall–Kier alpha value is -2.22. The Kier molecular flexibility index (Phi) is 3.34. The van der Waals surface area contributed by atoms with Crippen molar-refractivity contribution in [1.29, 1.82) is 0 Å². The van der Waals surface area contributed by atoms with Crippen molar-refractivity contribution in [2.24, 2.45) is 0 Å². The Labute approximate surface area is 108 Å². The first kappa shape index (κ1) is 13.2. The minimum absolute atomic E-state index is 0.0359. The van der Waals surface area contributed by atoms with Crippen LogP contribution in [0.25, 0.3) is 0 Å². The molecule has 5 nitrogen and oxygen atoms in total. The Morgan fingerprint density at radius 2 is 2.05 bits per heavy atom. The summed E-state index contributed by atoms with van der Waals surface area (Å²) in [6, 6.07) is 5.92. The van der Waals surface area contributed by atoms with Crippen LogP contribution in [0.15, 0.2) is 35.4 Å². The molecule has 8 heteroatoms. The van der Waals surface area contributed by atoms with E-state index in [1.54, 1.807) is 0 Å². The van der Waals surface area contributed by atoms with Crippen molar-refractivity contribution in [3.05, 3.63) is 48.2 Å². The topological polar surface area (TPSA) is 85.1 Å². The molecule has 0 fully saturated rings. The zero-order chi connectivity index (χ0) is 14.0. The first-order valence-electron chi connectivity index (χ1n) is 4.99. The normalized spacial score (nSPS) is 11.3. The number of sulfonamides is 1. The molecule has 0 saturated heterocycles. The van der Waals surface area contributed by atoms with Gasteiger partial charge in [-0.05, 0) is 18.2 Å². The number of hydrogen-bond donors (Lipinski definition) is 2. The fraction of sp³-hybridized carbons (Fsp3) is 0. The molecule has 2 rings (SSSR count). The van der Waals surface area contributed by atoms with E-state index in [-0.39, 0.29) is 11.5 Å². The highest BCUT2D eigenvalue weighted by atomic mass is 32.2. The van der Waals surface area contributed by atoms with Gasteiger partial charge in [-0.15, -0.1) is 0 Å². The second-order valence-electron chi connectivity index (χ2n) is 3.55. The molecule has 99 valence electrons. The lowest BCUT2D eigenvalue weighted by Gasteiger charge is -2.09. The van der Waals surface area contributed by atoms with Gasteiger partial charge in [-0.2, -0.15) is 0 Å². The monoisotopic (exact) mass is 284 g/mol. The van der Waals surface area contributed by atoms with Crippen molar-refractivity contribution in [3.8, 4) is 0 Å². The van der Waals surface area contributed by atoms with Crippen LogP contribution >= 0.6 is 0 Å². The number of halogens is 2. The Morgan fingerprint density at radius 1 is 1.32 bits per heavy atom. The molecule has 0 bridgehead atoms. The lowest BCUT2D eigenvalue weighted by molar-refractivity contribution is 0.551. The molecule has 0 atom stereocenters. The summed E-state index contributed by atoms with van der Waals surface area (Å²) in [5, 5.41) is 0. The number of anilines is 2. The van der Waals surface area contributed by atoms with Crippen molar-refractivity contribution in [3.63, 3.8) is 0 Å². The average molecular weight is 284 g/mol. The van der Waals surface area contributed by atoms with E-state index in [1.165, 1.54) is 12.3 Å². The van der Waals surface area contributed by atoms with E-state index in [0.717, 1.165) is 12.1 Å². The van der Waals surface area contributed by atoms with Gasteiger partial charge in [-0.1, -0.05) is 0 Å². The molecule has 19 heavy (non-hydrogen) atoms. The fourth-order valence-electron chi connectivity index (χ4n) is 1.35. The second kappa shape index (κ2) is 4.81. The van der Waals surface area contributed by atoms with Crippen LogP contribution in [0.1, 0.15) is 0 Å². The van der Waals surface area contributed by atoms with Gasteiger partial charge >= 0.3 is 0 Å². The number of nitrogens with zero attached hydrogens (tertiary/aromatic N) is 1. The molecule has 1 aromatic carbocycles. The zero-order valence-corrected chi connectivity index (χ0v) is 10.2. The Morgan fingerprint density at radius 3 is 2.68 bits per heavy atom. The minimum Gasteiger partial charge on any atom is -0.382 e. The van der Waals surface area contributed by atoms with E-state index in [2.05, 4.69) is 15.8 Å². The van der Waals surface area contributed by atoms with Crippen LogP contribution in [0.4, 0.5) is 20.3 Å². The highest BCUT2D eigenvalue weighted by Crippen LogP contribution is 2.21. The van der Waals surface area contributed by atoms with Gasteiger partial charge in [0.05, 0.1) is 5.69 Å². The lowest BCUT2D eigenvalue weighted by atomic mass is 10.3. The quantitative estimate of drug-likeness (QED) is 0.895. The number of nitrogens with two attached hydrogens (primary N) is 1. The molecule has 0 amide bonds. The number of nitrogens with one attached hydrogen (secondary N) is 1. The van der Waals surface area contributed by atoms with Gasteiger partial charge in [0.2, 0.25) is 0 Å². The van der Waals surface area contributed by atoms with Crippen LogP contribution in [0.5, 0.6) is 0 Å². The van der Waals surface area contributed by atoms with Gasteiger partial charge in [0.15, 0.2) is 0 Å². The predicted octanol–water partition coefficient (Wildman–Crippen LogP) is 1.54. The fourth-order valence-corrected chi connectivity index (χ4v) is 2.47. The highest BCUT2D eigenvalue weighted by molar-refractivity contribution is 7.92. The van der Waals surface area contributed by atoms with Crippen molar-refractivity contribution in [2.75, 3.05) is 10.5 Å². The standard InChI is InChI=1S/C11H8F2N3O2S/c12-7-3-4-10(8(13)6-7)19(17,18)16-9-2-1-5-15-11(9)14/h2-6,16H,(H2,14,15). The molecule has 1 aromatic heterocycles. The van der Waals surface area contributed by atoms with Crippen molar-refractivity contribution >= 4 is 21.5 Å². The van der Waals surface area contributed by atoms with Gasteiger partial charge in [0.25, 0.3) is 10.0 Å². The molecular weight excluding hydrogens is 276 g/mol. The number of pyridine rings is 1. The van der Waals surface area contributed by atoms with Crippen LogP contribution in [-0.4, -0.2) is 13.4 Å². The maximum atomic E-state index is 13.4. The van der Waals surface area contributed by atoms with E-state index in [1.807, 2.05) is 0 Å². The van der Waals surface area contributed by atoms with E-state index in [9.17, 15) is 17.2 Å².